The number of pyridine rings is 1. The summed E-state index contributed by atoms with van der Waals surface area (Å²) in [6.45, 7) is 7.85. The van der Waals surface area contributed by atoms with Crippen LogP contribution in [0.25, 0.3) is 0 Å². The summed E-state index contributed by atoms with van der Waals surface area (Å²) in [6, 6.07) is 4.25. The van der Waals surface area contributed by atoms with Crippen LogP contribution in [0.3, 0.4) is 0 Å². The minimum Gasteiger partial charge on any atom is -0.384 e. The van der Waals surface area contributed by atoms with Crippen molar-refractivity contribution in [2.24, 2.45) is 11.7 Å². The Labute approximate surface area is 116 Å². The Morgan fingerprint density at radius 1 is 1.47 bits per heavy atom. The van der Waals surface area contributed by atoms with Gasteiger partial charge in [-0.3, -0.25) is 0 Å². The van der Waals surface area contributed by atoms with E-state index in [0.717, 1.165) is 31.2 Å². The van der Waals surface area contributed by atoms with Crippen molar-refractivity contribution >= 4 is 5.82 Å². The van der Waals surface area contributed by atoms with Crippen LogP contribution in [0.2, 0.25) is 0 Å². The van der Waals surface area contributed by atoms with E-state index in [4.69, 9.17) is 15.5 Å². The lowest BCUT2D eigenvalue weighted by atomic mass is 10.1. The molecule has 106 valence electrons. The van der Waals surface area contributed by atoms with Gasteiger partial charge in [-0.05, 0) is 30.0 Å². The average molecular weight is 263 g/mol. The van der Waals surface area contributed by atoms with Crippen LogP contribution in [-0.4, -0.2) is 31.8 Å². The molecule has 2 N–H and O–H groups in total. The molecule has 1 aromatic heterocycles. The number of aromatic nitrogens is 1. The molecule has 0 bridgehead atoms. The summed E-state index contributed by atoms with van der Waals surface area (Å²) >= 11 is 0. The van der Waals surface area contributed by atoms with E-state index in [2.05, 4.69) is 30.9 Å². The summed E-state index contributed by atoms with van der Waals surface area (Å²) < 4.78 is 5.25. The van der Waals surface area contributed by atoms with Gasteiger partial charge in [0.2, 0.25) is 0 Å². The lowest BCUT2D eigenvalue weighted by Gasteiger charge is -2.20. The highest BCUT2D eigenvalue weighted by Crippen LogP contribution is 2.25. The first-order valence-electron chi connectivity index (χ1n) is 7.08. The molecule has 2 rings (SSSR count). The van der Waals surface area contributed by atoms with Gasteiger partial charge in [0, 0.05) is 38.4 Å². The highest BCUT2D eigenvalue weighted by atomic mass is 16.5. The number of nitrogens with two attached hydrogens (primary N) is 1. The molecule has 1 fully saturated rings. The maximum absolute atomic E-state index is 5.80. The molecule has 0 amide bonds. The van der Waals surface area contributed by atoms with Crippen molar-refractivity contribution in [1.29, 1.82) is 0 Å². The number of anilines is 1. The molecule has 1 aliphatic rings. The Kier molecular flexibility index (Phi) is 4.77. The molecule has 1 atom stereocenters. The molecule has 0 radical (unpaired) electrons. The lowest BCUT2D eigenvalue weighted by molar-refractivity contribution is 0.161. The van der Waals surface area contributed by atoms with Gasteiger partial charge in [0.25, 0.3) is 0 Å². The highest BCUT2D eigenvalue weighted by Gasteiger charge is 2.24. The number of methoxy groups -OCH3 is 1. The van der Waals surface area contributed by atoms with Crippen molar-refractivity contribution in [2.45, 2.75) is 32.7 Å². The summed E-state index contributed by atoms with van der Waals surface area (Å²) in [5.41, 5.74) is 8.10. The second-order valence-corrected chi connectivity index (χ2v) is 5.67. The van der Waals surface area contributed by atoms with Crippen molar-refractivity contribution in [3.8, 4) is 0 Å². The second kappa shape index (κ2) is 6.35. The molecule has 0 spiro atoms. The molecule has 1 aliphatic heterocycles. The third-order valence-corrected chi connectivity index (χ3v) is 3.73. The first-order valence-corrected chi connectivity index (χ1v) is 7.08. The average Bonchev–Trinajstić information content (AvgIpc) is 2.87. The van der Waals surface area contributed by atoms with E-state index in [-0.39, 0.29) is 0 Å². The van der Waals surface area contributed by atoms with E-state index in [1.807, 2.05) is 0 Å². The third-order valence-electron chi connectivity index (χ3n) is 3.73. The minimum absolute atomic E-state index is 0.433. The van der Waals surface area contributed by atoms with Crippen LogP contribution < -0.4 is 10.6 Å². The smallest absolute Gasteiger partial charge is 0.129 e. The number of rotatable bonds is 5. The molecule has 2 heterocycles. The normalized spacial score (nSPS) is 19.4. The van der Waals surface area contributed by atoms with Crippen LogP contribution in [0.5, 0.6) is 0 Å². The van der Waals surface area contributed by atoms with Crippen LogP contribution >= 0.6 is 0 Å². The highest BCUT2D eigenvalue weighted by molar-refractivity contribution is 5.44. The van der Waals surface area contributed by atoms with Gasteiger partial charge in [-0.25, -0.2) is 4.98 Å². The molecular formula is C15H25N3O. The van der Waals surface area contributed by atoms with E-state index in [0.29, 0.717) is 18.4 Å². The fourth-order valence-corrected chi connectivity index (χ4v) is 2.58. The topological polar surface area (TPSA) is 51.4 Å². The Bertz CT molecular complexity index is 420. The standard InChI is InChI=1S/C15H25N3O/c1-11(2)14-6-13(8-16)7-15(17-14)18-5-4-12(9-18)10-19-3/h6-7,11-12H,4-5,8-10,16H2,1-3H3. The summed E-state index contributed by atoms with van der Waals surface area (Å²) in [5.74, 6) is 2.13. The maximum Gasteiger partial charge on any atom is 0.129 e. The van der Waals surface area contributed by atoms with Crippen molar-refractivity contribution < 1.29 is 4.74 Å². The first-order chi connectivity index (χ1) is 9.13. The van der Waals surface area contributed by atoms with Crippen molar-refractivity contribution in [3.63, 3.8) is 0 Å². The zero-order valence-corrected chi connectivity index (χ0v) is 12.2. The number of hydrogen-bond donors (Lipinski definition) is 1. The Morgan fingerprint density at radius 2 is 2.26 bits per heavy atom. The molecule has 0 saturated carbocycles. The zero-order chi connectivity index (χ0) is 13.8. The molecular weight excluding hydrogens is 238 g/mol. The quantitative estimate of drug-likeness (QED) is 0.884. The second-order valence-electron chi connectivity index (χ2n) is 5.67. The molecule has 1 aromatic rings. The van der Waals surface area contributed by atoms with Gasteiger partial charge in [-0.1, -0.05) is 13.8 Å². The van der Waals surface area contributed by atoms with Gasteiger partial charge in [0.1, 0.15) is 5.82 Å². The summed E-state index contributed by atoms with van der Waals surface area (Å²) in [7, 11) is 1.77. The number of nitrogens with zero attached hydrogens (tertiary/aromatic N) is 2. The largest absolute Gasteiger partial charge is 0.384 e. The molecule has 1 unspecified atom stereocenters. The molecule has 19 heavy (non-hydrogen) atoms. The number of hydrogen-bond acceptors (Lipinski definition) is 4. The van der Waals surface area contributed by atoms with Crippen LogP contribution in [0, 0.1) is 5.92 Å². The summed E-state index contributed by atoms with van der Waals surface area (Å²) in [5, 5.41) is 0. The van der Waals surface area contributed by atoms with Crippen molar-refractivity contribution in [2.75, 3.05) is 31.7 Å². The Morgan fingerprint density at radius 3 is 2.89 bits per heavy atom. The van der Waals surface area contributed by atoms with Gasteiger partial charge in [0.05, 0.1) is 6.61 Å². The van der Waals surface area contributed by atoms with Gasteiger partial charge in [-0.15, -0.1) is 0 Å². The maximum atomic E-state index is 5.80. The SMILES string of the molecule is COCC1CCN(c2cc(CN)cc(C(C)C)n2)C1. The minimum atomic E-state index is 0.433. The van der Waals surface area contributed by atoms with Crippen molar-refractivity contribution in [1.82, 2.24) is 4.98 Å². The van der Waals surface area contributed by atoms with Gasteiger partial charge in [0.15, 0.2) is 0 Å². The van der Waals surface area contributed by atoms with Crippen LogP contribution in [0.15, 0.2) is 12.1 Å². The zero-order valence-electron chi connectivity index (χ0n) is 12.2. The summed E-state index contributed by atoms with van der Waals surface area (Å²) in [4.78, 5) is 7.14. The predicted octanol–water partition coefficient (Wildman–Crippen LogP) is 2.14. The first kappa shape index (κ1) is 14.3. The lowest BCUT2D eigenvalue weighted by Crippen LogP contribution is -2.23. The van der Waals surface area contributed by atoms with E-state index in [1.54, 1.807) is 7.11 Å². The van der Waals surface area contributed by atoms with E-state index in [1.165, 1.54) is 12.0 Å². The molecule has 1 saturated heterocycles. The van der Waals surface area contributed by atoms with Gasteiger partial charge in [-0.2, -0.15) is 0 Å². The predicted molar refractivity (Wildman–Crippen MR) is 78.4 cm³/mol. The fourth-order valence-electron chi connectivity index (χ4n) is 2.58. The van der Waals surface area contributed by atoms with E-state index >= 15 is 0 Å². The third kappa shape index (κ3) is 3.45. The number of ether oxygens (including phenoxy) is 1. The Balaban J connectivity index is 2.17. The van der Waals surface area contributed by atoms with E-state index < -0.39 is 0 Å². The molecule has 0 aromatic carbocycles. The van der Waals surface area contributed by atoms with Crippen LogP contribution in [0.1, 0.15) is 37.4 Å². The van der Waals surface area contributed by atoms with E-state index in [9.17, 15) is 0 Å². The van der Waals surface area contributed by atoms with Gasteiger partial charge < -0.3 is 15.4 Å². The van der Waals surface area contributed by atoms with Gasteiger partial charge >= 0.3 is 0 Å². The molecule has 0 aliphatic carbocycles. The molecule has 4 heteroatoms. The fraction of sp³-hybridized carbons (Fsp3) is 0.667. The van der Waals surface area contributed by atoms with Crippen molar-refractivity contribution in [3.05, 3.63) is 23.4 Å². The van der Waals surface area contributed by atoms with Crippen LogP contribution in [-0.2, 0) is 11.3 Å². The molecule has 4 nitrogen and oxygen atoms in total. The van der Waals surface area contributed by atoms with Crippen LogP contribution in [0.4, 0.5) is 5.82 Å². The summed E-state index contributed by atoms with van der Waals surface area (Å²) in [6.07, 6.45) is 1.18. The Hall–Kier alpha value is -1.13. The monoisotopic (exact) mass is 263 g/mol.